The number of nitrogens with zero attached hydrogens (tertiary/aromatic N) is 3. The van der Waals surface area contributed by atoms with Gasteiger partial charge in [0, 0.05) is 18.3 Å². The van der Waals surface area contributed by atoms with Gasteiger partial charge >= 0.3 is 0 Å². The van der Waals surface area contributed by atoms with E-state index in [1.54, 1.807) is 19.4 Å². The second-order valence-electron chi connectivity index (χ2n) is 3.54. The van der Waals surface area contributed by atoms with Crippen LogP contribution in [0.5, 0.6) is 5.75 Å². The smallest absolute Gasteiger partial charge is 0.234 e. The predicted molar refractivity (Wildman–Crippen MR) is 67.1 cm³/mol. The van der Waals surface area contributed by atoms with Crippen LogP contribution < -0.4 is 10.1 Å². The van der Waals surface area contributed by atoms with Crippen molar-refractivity contribution in [2.75, 3.05) is 12.4 Å². The molecule has 0 aliphatic heterocycles. The zero-order chi connectivity index (χ0) is 12.8. The van der Waals surface area contributed by atoms with E-state index in [9.17, 15) is 0 Å². The predicted octanol–water partition coefficient (Wildman–Crippen LogP) is 1.97. The van der Waals surface area contributed by atoms with Crippen LogP contribution in [0.4, 0.5) is 5.82 Å². The van der Waals surface area contributed by atoms with Gasteiger partial charge in [-0.1, -0.05) is 18.2 Å². The Labute approximate surface area is 105 Å². The first-order valence-corrected chi connectivity index (χ1v) is 5.42. The van der Waals surface area contributed by atoms with Gasteiger partial charge in [0.05, 0.1) is 7.11 Å². The number of para-hydroxylation sites is 1. The Hall–Kier alpha value is -2.61. The first-order valence-electron chi connectivity index (χ1n) is 5.42. The Bertz CT molecular complexity index is 577. The standard InChI is InChI=1S/C13H12N4O/c1-18-11-5-3-2-4-10(11)9-16-12-6-7-15-13(8-14)17-12/h2-7H,9H2,1H3,(H,15,16,17). The minimum absolute atomic E-state index is 0.153. The highest BCUT2D eigenvalue weighted by Crippen LogP contribution is 2.18. The average Bonchev–Trinajstić information content (AvgIpc) is 2.45. The summed E-state index contributed by atoms with van der Waals surface area (Å²) in [4.78, 5) is 7.85. The number of methoxy groups -OCH3 is 1. The monoisotopic (exact) mass is 240 g/mol. The third-order valence-corrected chi connectivity index (χ3v) is 2.41. The molecular weight excluding hydrogens is 228 g/mol. The van der Waals surface area contributed by atoms with Crippen LogP contribution in [-0.4, -0.2) is 17.1 Å². The second kappa shape index (κ2) is 5.64. The van der Waals surface area contributed by atoms with Crippen molar-refractivity contribution in [1.82, 2.24) is 9.97 Å². The Balaban J connectivity index is 2.09. The van der Waals surface area contributed by atoms with Crippen LogP contribution in [0, 0.1) is 11.3 Å². The number of hydrogen-bond acceptors (Lipinski definition) is 5. The number of ether oxygens (including phenoxy) is 1. The average molecular weight is 240 g/mol. The molecule has 0 spiro atoms. The van der Waals surface area contributed by atoms with Gasteiger partial charge in [0.1, 0.15) is 17.6 Å². The summed E-state index contributed by atoms with van der Waals surface area (Å²) in [7, 11) is 1.64. The van der Waals surface area contributed by atoms with Crippen LogP contribution in [0.25, 0.3) is 0 Å². The van der Waals surface area contributed by atoms with Gasteiger partial charge in [-0.2, -0.15) is 5.26 Å². The van der Waals surface area contributed by atoms with Crippen molar-refractivity contribution in [2.45, 2.75) is 6.54 Å². The van der Waals surface area contributed by atoms with E-state index in [4.69, 9.17) is 10.00 Å². The van der Waals surface area contributed by atoms with Gasteiger partial charge in [0.25, 0.3) is 0 Å². The summed E-state index contributed by atoms with van der Waals surface area (Å²) in [6, 6.07) is 11.4. The number of nitriles is 1. The van der Waals surface area contributed by atoms with Gasteiger partial charge in [-0.05, 0) is 12.1 Å². The number of hydrogen-bond donors (Lipinski definition) is 1. The molecule has 0 aliphatic rings. The molecule has 0 fully saturated rings. The molecule has 0 aliphatic carbocycles. The summed E-state index contributed by atoms with van der Waals surface area (Å²) in [5.74, 6) is 1.59. The van der Waals surface area contributed by atoms with E-state index in [1.807, 2.05) is 30.3 Å². The Kier molecular flexibility index (Phi) is 3.72. The number of rotatable bonds is 4. The van der Waals surface area contributed by atoms with E-state index in [-0.39, 0.29) is 5.82 Å². The van der Waals surface area contributed by atoms with Crippen LogP contribution in [0.1, 0.15) is 11.4 Å². The van der Waals surface area contributed by atoms with Crippen molar-refractivity contribution < 1.29 is 4.74 Å². The molecular formula is C13H12N4O. The molecule has 0 atom stereocenters. The van der Waals surface area contributed by atoms with Gasteiger partial charge in [0.15, 0.2) is 0 Å². The maximum atomic E-state index is 8.71. The fourth-order valence-electron chi connectivity index (χ4n) is 1.55. The number of nitrogens with one attached hydrogen (secondary N) is 1. The summed E-state index contributed by atoms with van der Waals surface area (Å²) >= 11 is 0. The first kappa shape index (κ1) is 11.9. The molecule has 2 rings (SSSR count). The minimum Gasteiger partial charge on any atom is -0.496 e. The van der Waals surface area contributed by atoms with Crippen molar-refractivity contribution in [2.24, 2.45) is 0 Å². The molecule has 1 aromatic heterocycles. The fraction of sp³-hybridized carbons (Fsp3) is 0.154. The molecule has 5 heteroatoms. The van der Waals surface area contributed by atoms with Crippen molar-refractivity contribution in [3.05, 3.63) is 47.9 Å². The van der Waals surface area contributed by atoms with Crippen molar-refractivity contribution in [3.8, 4) is 11.8 Å². The van der Waals surface area contributed by atoms with Gasteiger partial charge in [-0.3, -0.25) is 0 Å². The molecule has 90 valence electrons. The molecule has 2 aromatic rings. The molecule has 18 heavy (non-hydrogen) atoms. The van der Waals surface area contributed by atoms with E-state index >= 15 is 0 Å². The molecule has 1 aromatic carbocycles. The van der Waals surface area contributed by atoms with E-state index < -0.39 is 0 Å². The van der Waals surface area contributed by atoms with E-state index in [2.05, 4.69) is 15.3 Å². The zero-order valence-electron chi connectivity index (χ0n) is 9.92. The van der Waals surface area contributed by atoms with Gasteiger partial charge < -0.3 is 10.1 Å². The lowest BCUT2D eigenvalue weighted by atomic mass is 10.2. The highest BCUT2D eigenvalue weighted by atomic mass is 16.5. The molecule has 0 unspecified atom stereocenters. The molecule has 0 bridgehead atoms. The Morgan fingerprint density at radius 3 is 2.94 bits per heavy atom. The topological polar surface area (TPSA) is 70.8 Å². The van der Waals surface area contributed by atoms with Gasteiger partial charge in [-0.15, -0.1) is 0 Å². The van der Waals surface area contributed by atoms with Crippen molar-refractivity contribution >= 4 is 5.82 Å². The fourth-order valence-corrected chi connectivity index (χ4v) is 1.55. The highest BCUT2D eigenvalue weighted by Gasteiger charge is 2.02. The Morgan fingerprint density at radius 1 is 1.33 bits per heavy atom. The normalized spacial score (nSPS) is 9.56. The lowest BCUT2D eigenvalue weighted by molar-refractivity contribution is 0.410. The zero-order valence-corrected chi connectivity index (χ0v) is 9.92. The Morgan fingerprint density at radius 2 is 2.17 bits per heavy atom. The van der Waals surface area contributed by atoms with E-state index in [0.717, 1.165) is 11.3 Å². The van der Waals surface area contributed by atoms with E-state index in [1.165, 1.54) is 0 Å². The molecule has 0 radical (unpaired) electrons. The minimum atomic E-state index is 0.153. The lowest BCUT2D eigenvalue weighted by Crippen LogP contribution is -2.04. The largest absolute Gasteiger partial charge is 0.496 e. The molecule has 0 saturated carbocycles. The molecule has 1 heterocycles. The third kappa shape index (κ3) is 2.74. The number of benzene rings is 1. The van der Waals surface area contributed by atoms with Crippen molar-refractivity contribution in [1.29, 1.82) is 5.26 Å². The molecule has 0 amide bonds. The third-order valence-electron chi connectivity index (χ3n) is 2.41. The van der Waals surface area contributed by atoms with E-state index in [0.29, 0.717) is 12.4 Å². The summed E-state index contributed by atoms with van der Waals surface area (Å²) in [6.07, 6.45) is 1.55. The van der Waals surface area contributed by atoms with Crippen LogP contribution in [0.15, 0.2) is 36.5 Å². The molecule has 0 saturated heterocycles. The second-order valence-corrected chi connectivity index (χ2v) is 3.54. The highest BCUT2D eigenvalue weighted by molar-refractivity contribution is 5.40. The van der Waals surface area contributed by atoms with Crippen LogP contribution >= 0.6 is 0 Å². The first-order chi connectivity index (χ1) is 8.83. The summed E-state index contributed by atoms with van der Waals surface area (Å²) in [6.45, 7) is 0.575. The molecule has 1 N–H and O–H groups in total. The van der Waals surface area contributed by atoms with Gasteiger partial charge in [0.2, 0.25) is 5.82 Å². The van der Waals surface area contributed by atoms with Gasteiger partial charge in [-0.25, -0.2) is 9.97 Å². The maximum Gasteiger partial charge on any atom is 0.234 e. The number of anilines is 1. The van der Waals surface area contributed by atoms with Crippen molar-refractivity contribution in [3.63, 3.8) is 0 Å². The SMILES string of the molecule is COc1ccccc1CNc1ccnc(C#N)n1. The van der Waals surface area contributed by atoms with Crippen LogP contribution in [0.3, 0.4) is 0 Å². The van der Waals surface area contributed by atoms with Crippen LogP contribution in [-0.2, 0) is 6.54 Å². The summed E-state index contributed by atoms with van der Waals surface area (Å²) in [5, 5.41) is 11.8. The maximum absolute atomic E-state index is 8.71. The number of aromatic nitrogens is 2. The summed E-state index contributed by atoms with van der Waals surface area (Å²) < 4.78 is 5.25. The molecule has 5 nitrogen and oxygen atoms in total. The summed E-state index contributed by atoms with van der Waals surface area (Å²) in [5.41, 5.74) is 1.03. The lowest BCUT2D eigenvalue weighted by Gasteiger charge is -2.09. The quantitative estimate of drug-likeness (QED) is 0.884. The van der Waals surface area contributed by atoms with Crippen LogP contribution in [0.2, 0.25) is 0 Å².